The highest BCUT2D eigenvalue weighted by Gasteiger charge is 2.18. The second-order valence-electron chi connectivity index (χ2n) is 3.52. The van der Waals surface area contributed by atoms with E-state index in [1.54, 1.807) is 14.2 Å². The topological polar surface area (TPSA) is 38.8 Å². The minimum atomic E-state index is -0.0414. The van der Waals surface area contributed by atoms with Gasteiger partial charge < -0.3 is 9.47 Å². The molecule has 0 saturated carbocycles. The van der Waals surface area contributed by atoms with E-state index < -0.39 is 0 Å². The van der Waals surface area contributed by atoms with E-state index in [-0.39, 0.29) is 11.8 Å². The maximum absolute atomic E-state index is 11.6. The molecule has 0 spiro atoms. The first-order valence-corrected chi connectivity index (χ1v) is 5.42. The summed E-state index contributed by atoms with van der Waals surface area (Å²) in [5.74, 6) is 0.266. The van der Waals surface area contributed by atoms with E-state index in [4.69, 9.17) is 9.47 Å². The number of carbonyl (C=O) groups excluding carboxylic acids is 1. The van der Waals surface area contributed by atoms with Crippen molar-refractivity contribution in [3.05, 3.63) is 0 Å². The molecule has 0 aromatic rings. The zero-order valence-electron chi connectivity index (χ0n) is 10.3. The number of carbonyl (C=O) groups is 1. The van der Waals surface area contributed by atoms with Crippen molar-refractivity contribution in [1.82, 2.24) is 4.90 Å². The average molecular weight is 217 g/mol. The fourth-order valence-corrected chi connectivity index (χ4v) is 1.42. The normalized spacial score (nSPS) is 13.1. The second-order valence-corrected chi connectivity index (χ2v) is 3.52. The third-order valence-corrected chi connectivity index (χ3v) is 2.53. The van der Waals surface area contributed by atoms with Crippen LogP contribution in [0.25, 0.3) is 0 Å². The Bertz CT molecular complexity index is 165. The van der Waals surface area contributed by atoms with Gasteiger partial charge in [-0.15, -0.1) is 0 Å². The van der Waals surface area contributed by atoms with Gasteiger partial charge in [0.05, 0.1) is 19.3 Å². The molecular formula is C11H23NO3. The van der Waals surface area contributed by atoms with Crippen LogP contribution in [0.5, 0.6) is 0 Å². The fraction of sp³-hybridized carbons (Fsp3) is 0.909. The van der Waals surface area contributed by atoms with Gasteiger partial charge >= 0.3 is 0 Å². The molecule has 1 atom stereocenters. The smallest absolute Gasteiger partial charge is 0.149 e. The molecule has 15 heavy (non-hydrogen) atoms. The van der Waals surface area contributed by atoms with Crippen molar-refractivity contribution in [1.29, 1.82) is 0 Å². The van der Waals surface area contributed by atoms with Crippen LogP contribution in [-0.2, 0) is 14.3 Å². The molecule has 0 aliphatic carbocycles. The molecule has 0 radical (unpaired) electrons. The first-order valence-electron chi connectivity index (χ1n) is 5.42. The molecule has 0 aromatic heterocycles. The van der Waals surface area contributed by atoms with Crippen LogP contribution in [0.3, 0.4) is 0 Å². The molecule has 0 heterocycles. The Kier molecular flexibility index (Phi) is 8.56. The lowest BCUT2D eigenvalue weighted by molar-refractivity contribution is -0.123. The molecule has 4 nitrogen and oxygen atoms in total. The Hall–Kier alpha value is -0.450. The van der Waals surface area contributed by atoms with Gasteiger partial charge in [-0.3, -0.25) is 9.69 Å². The number of ketones is 1. The van der Waals surface area contributed by atoms with Crippen LogP contribution in [0.1, 0.15) is 20.3 Å². The van der Waals surface area contributed by atoms with Crippen LogP contribution in [0.15, 0.2) is 0 Å². The standard InChI is InChI=1S/C11H23NO3/c1-5-11(13)10(2)12(6-8-14-3)7-9-15-4/h10H,5-9H2,1-4H3. The van der Waals surface area contributed by atoms with E-state index in [0.29, 0.717) is 19.6 Å². The summed E-state index contributed by atoms with van der Waals surface area (Å²) < 4.78 is 10.0. The predicted octanol–water partition coefficient (Wildman–Crippen LogP) is 0.949. The van der Waals surface area contributed by atoms with Crippen molar-refractivity contribution < 1.29 is 14.3 Å². The third kappa shape index (κ3) is 5.87. The molecular weight excluding hydrogens is 194 g/mol. The van der Waals surface area contributed by atoms with E-state index in [9.17, 15) is 4.79 Å². The van der Waals surface area contributed by atoms with Crippen molar-refractivity contribution in [3.8, 4) is 0 Å². The van der Waals surface area contributed by atoms with Gasteiger partial charge in [0.25, 0.3) is 0 Å². The monoisotopic (exact) mass is 217 g/mol. The largest absolute Gasteiger partial charge is 0.383 e. The van der Waals surface area contributed by atoms with E-state index in [2.05, 4.69) is 4.90 Å². The molecule has 0 aromatic carbocycles. The van der Waals surface area contributed by atoms with Gasteiger partial charge in [-0.1, -0.05) is 6.92 Å². The highest BCUT2D eigenvalue weighted by molar-refractivity contribution is 5.83. The molecule has 0 bridgehead atoms. The van der Waals surface area contributed by atoms with Crippen LogP contribution in [0, 0.1) is 0 Å². The van der Waals surface area contributed by atoms with Crippen LogP contribution in [-0.4, -0.2) is 57.2 Å². The van der Waals surface area contributed by atoms with Gasteiger partial charge in [-0.25, -0.2) is 0 Å². The number of ether oxygens (including phenoxy) is 2. The van der Waals surface area contributed by atoms with Gasteiger partial charge in [0, 0.05) is 33.7 Å². The number of hydrogen-bond donors (Lipinski definition) is 0. The van der Waals surface area contributed by atoms with Gasteiger partial charge in [0.15, 0.2) is 0 Å². The maximum atomic E-state index is 11.6. The molecule has 1 unspecified atom stereocenters. The summed E-state index contributed by atoms with van der Waals surface area (Å²) in [7, 11) is 3.33. The summed E-state index contributed by atoms with van der Waals surface area (Å²) in [4.78, 5) is 13.7. The molecule has 0 amide bonds. The number of rotatable bonds is 9. The minimum absolute atomic E-state index is 0.0414. The van der Waals surface area contributed by atoms with Gasteiger partial charge in [0.1, 0.15) is 5.78 Å². The Labute approximate surface area is 92.5 Å². The summed E-state index contributed by atoms with van der Waals surface area (Å²) in [6.45, 7) is 6.66. The van der Waals surface area contributed by atoms with Crippen LogP contribution in [0.4, 0.5) is 0 Å². The van der Waals surface area contributed by atoms with Crippen molar-refractivity contribution >= 4 is 5.78 Å². The molecule has 0 N–H and O–H groups in total. The Morgan fingerprint density at radius 1 is 1.20 bits per heavy atom. The van der Waals surface area contributed by atoms with Gasteiger partial charge in [-0.05, 0) is 6.92 Å². The number of methoxy groups -OCH3 is 2. The molecule has 0 aliphatic rings. The van der Waals surface area contributed by atoms with Crippen molar-refractivity contribution in [2.45, 2.75) is 26.3 Å². The summed E-state index contributed by atoms with van der Waals surface area (Å²) in [6, 6.07) is -0.0414. The van der Waals surface area contributed by atoms with E-state index in [1.165, 1.54) is 0 Å². The predicted molar refractivity (Wildman–Crippen MR) is 60.1 cm³/mol. The zero-order valence-corrected chi connectivity index (χ0v) is 10.3. The molecule has 4 heteroatoms. The van der Waals surface area contributed by atoms with Crippen LogP contribution < -0.4 is 0 Å². The van der Waals surface area contributed by atoms with E-state index in [0.717, 1.165) is 13.1 Å². The first kappa shape index (κ1) is 14.6. The van der Waals surface area contributed by atoms with E-state index in [1.807, 2.05) is 13.8 Å². The molecule has 0 aliphatic heterocycles. The Balaban J connectivity index is 4.12. The minimum Gasteiger partial charge on any atom is -0.383 e. The summed E-state index contributed by atoms with van der Waals surface area (Å²) in [5.41, 5.74) is 0. The summed E-state index contributed by atoms with van der Waals surface area (Å²) in [5, 5.41) is 0. The highest BCUT2D eigenvalue weighted by Crippen LogP contribution is 2.02. The number of Topliss-reactive ketones (excluding diaryl/α,β-unsaturated/α-hetero) is 1. The third-order valence-electron chi connectivity index (χ3n) is 2.53. The van der Waals surface area contributed by atoms with Crippen molar-refractivity contribution in [3.63, 3.8) is 0 Å². The zero-order chi connectivity index (χ0) is 11.7. The van der Waals surface area contributed by atoms with Crippen LogP contribution in [0.2, 0.25) is 0 Å². The fourth-order valence-electron chi connectivity index (χ4n) is 1.42. The number of hydrogen-bond acceptors (Lipinski definition) is 4. The number of nitrogens with zero attached hydrogens (tertiary/aromatic N) is 1. The lowest BCUT2D eigenvalue weighted by Gasteiger charge is -2.27. The lowest BCUT2D eigenvalue weighted by Crippen LogP contribution is -2.42. The molecule has 0 rings (SSSR count). The molecule has 90 valence electrons. The molecule has 0 saturated heterocycles. The first-order chi connectivity index (χ1) is 7.17. The summed E-state index contributed by atoms with van der Waals surface area (Å²) in [6.07, 6.45) is 0.581. The van der Waals surface area contributed by atoms with Crippen molar-refractivity contribution in [2.75, 3.05) is 40.5 Å². The lowest BCUT2D eigenvalue weighted by atomic mass is 10.1. The Morgan fingerprint density at radius 2 is 1.67 bits per heavy atom. The Morgan fingerprint density at radius 3 is 2.00 bits per heavy atom. The maximum Gasteiger partial charge on any atom is 0.149 e. The molecule has 0 fully saturated rings. The second kappa shape index (κ2) is 8.83. The van der Waals surface area contributed by atoms with Crippen LogP contribution >= 0.6 is 0 Å². The quantitative estimate of drug-likeness (QED) is 0.576. The summed E-state index contributed by atoms with van der Waals surface area (Å²) >= 11 is 0. The van der Waals surface area contributed by atoms with Gasteiger partial charge in [-0.2, -0.15) is 0 Å². The van der Waals surface area contributed by atoms with Crippen molar-refractivity contribution in [2.24, 2.45) is 0 Å². The van der Waals surface area contributed by atoms with E-state index >= 15 is 0 Å². The SMILES string of the molecule is CCC(=O)C(C)N(CCOC)CCOC. The average Bonchev–Trinajstić information content (AvgIpc) is 2.27. The van der Waals surface area contributed by atoms with Gasteiger partial charge in [0.2, 0.25) is 0 Å². The highest BCUT2D eigenvalue weighted by atomic mass is 16.5.